The van der Waals surface area contributed by atoms with Gasteiger partial charge in [-0.15, -0.1) is 0 Å². The zero-order chi connectivity index (χ0) is 20.9. The minimum absolute atomic E-state index is 0.136. The third-order valence-corrected chi connectivity index (χ3v) is 5.86. The van der Waals surface area contributed by atoms with Crippen molar-refractivity contribution in [2.75, 3.05) is 18.1 Å². The molecule has 2 aromatic rings. The van der Waals surface area contributed by atoms with Crippen LogP contribution in [-0.2, 0) is 32.6 Å². The summed E-state index contributed by atoms with van der Waals surface area (Å²) in [6.45, 7) is 0.136. The molecule has 0 atom stereocenters. The fourth-order valence-corrected chi connectivity index (χ4v) is 4.73. The minimum atomic E-state index is -3.44. The Morgan fingerprint density at radius 3 is 2.43 bits per heavy atom. The van der Waals surface area contributed by atoms with Crippen molar-refractivity contribution < 1.29 is 22.7 Å². The molecule has 1 N–H and O–H groups in total. The number of rotatable bonds is 8. The van der Waals surface area contributed by atoms with Gasteiger partial charge in [0.2, 0.25) is 10.0 Å². The van der Waals surface area contributed by atoms with Crippen molar-refractivity contribution in [3.8, 4) is 5.75 Å². The van der Waals surface area contributed by atoms with Crippen molar-refractivity contribution >= 4 is 65.1 Å². The molecule has 10 heteroatoms. The Labute approximate surface area is 185 Å². The van der Waals surface area contributed by atoms with E-state index in [1.54, 1.807) is 18.2 Å². The lowest BCUT2D eigenvalue weighted by Crippen LogP contribution is -2.10. The lowest BCUT2D eigenvalue weighted by atomic mass is 10.1. The molecule has 2 aromatic carbocycles. The van der Waals surface area contributed by atoms with Crippen LogP contribution >= 0.6 is 43.5 Å². The number of ether oxygens (including phenoxy) is 2. The van der Waals surface area contributed by atoms with Crippen molar-refractivity contribution in [2.24, 2.45) is 0 Å². The third kappa shape index (κ3) is 6.65. The van der Waals surface area contributed by atoms with Crippen LogP contribution in [0.1, 0.15) is 17.5 Å². The number of esters is 1. The van der Waals surface area contributed by atoms with Gasteiger partial charge in [-0.05, 0) is 62.0 Å². The van der Waals surface area contributed by atoms with E-state index in [2.05, 4.69) is 41.3 Å². The SMILES string of the molecule is COC(=O)CCc1cc(Br)c(OCc2cccc(NS(C)(=O)=O)c2Cl)c(Br)c1. The zero-order valence-electron chi connectivity index (χ0n) is 15.1. The number of carbonyl (C=O) groups is 1. The summed E-state index contributed by atoms with van der Waals surface area (Å²) in [6.07, 6.45) is 1.88. The molecule has 0 saturated heterocycles. The van der Waals surface area contributed by atoms with Crippen LogP contribution in [0.5, 0.6) is 5.75 Å². The zero-order valence-corrected chi connectivity index (χ0v) is 19.8. The van der Waals surface area contributed by atoms with Crippen LogP contribution in [-0.4, -0.2) is 27.8 Å². The molecule has 152 valence electrons. The first-order chi connectivity index (χ1) is 13.1. The smallest absolute Gasteiger partial charge is 0.305 e. The summed E-state index contributed by atoms with van der Waals surface area (Å²) in [6, 6.07) is 8.76. The number of halogens is 3. The van der Waals surface area contributed by atoms with E-state index < -0.39 is 10.0 Å². The Morgan fingerprint density at radius 1 is 1.21 bits per heavy atom. The van der Waals surface area contributed by atoms with Crippen LogP contribution in [0.3, 0.4) is 0 Å². The van der Waals surface area contributed by atoms with E-state index in [4.69, 9.17) is 16.3 Å². The van der Waals surface area contributed by atoms with E-state index in [1.165, 1.54) is 7.11 Å². The fourth-order valence-electron chi connectivity index (χ4n) is 2.36. The van der Waals surface area contributed by atoms with Crippen LogP contribution in [0.2, 0.25) is 5.02 Å². The van der Waals surface area contributed by atoms with Gasteiger partial charge in [0.1, 0.15) is 12.4 Å². The second-order valence-corrected chi connectivity index (χ2v) is 9.74. The van der Waals surface area contributed by atoms with Crippen molar-refractivity contribution in [3.63, 3.8) is 0 Å². The highest BCUT2D eigenvalue weighted by molar-refractivity contribution is 9.11. The fraction of sp³-hybridized carbons (Fsp3) is 0.278. The Hall–Kier alpha value is -1.29. The standard InChI is InChI=1S/C18H18Br2ClNO5S/c1-26-16(23)7-6-11-8-13(19)18(14(20)9-11)27-10-12-4-3-5-15(17(12)21)22-28(2,24)25/h3-5,8-9,22H,6-7,10H2,1-2H3. The van der Waals surface area contributed by atoms with Crippen LogP contribution in [0.15, 0.2) is 39.3 Å². The molecule has 0 unspecified atom stereocenters. The van der Waals surface area contributed by atoms with Gasteiger partial charge in [0, 0.05) is 12.0 Å². The number of aryl methyl sites for hydroxylation is 1. The molecule has 0 bridgehead atoms. The molecule has 6 nitrogen and oxygen atoms in total. The number of benzene rings is 2. The summed E-state index contributed by atoms with van der Waals surface area (Å²) in [7, 11) is -2.08. The first-order valence-electron chi connectivity index (χ1n) is 8.03. The normalized spacial score (nSPS) is 11.2. The first-order valence-corrected chi connectivity index (χ1v) is 11.9. The largest absolute Gasteiger partial charge is 0.486 e. The van der Waals surface area contributed by atoms with Crippen molar-refractivity contribution in [2.45, 2.75) is 19.4 Å². The predicted molar refractivity (Wildman–Crippen MR) is 116 cm³/mol. The van der Waals surface area contributed by atoms with Gasteiger partial charge in [0.05, 0.1) is 33.0 Å². The van der Waals surface area contributed by atoms with Crippen molar-refractivity contribution in [3.05, 3.63) is 55.4 Å². The van der Waals surface area contributed by atoms with Gasteiger partial charge in [0.15, 0.2) is 0 Å². The molecule has 0 aliphatic heterocycles. The van der Waals surface area contributed by atoms with Gasteiger partial charge in [-0.3, -0.25) is 9.52 Å². The van der Waals surface area contributed by atoms with Gasteiger partial charge in [0.25, 0.3) is 0 Å². The summed E-state index contributed by atoms with van der Waals surface area (Å²) < 4.78 is 37.2. The molecule has 2 rings (SSSR count). The Kier molecular flexibility index (Phi) is 8.18. The highest BCUT2D eigenvalue weighted by Gasteiger charge is 2.14. The minimum Gasteiger partial charge on any atom is -0.486 e. The third-order valence-electron chi connectivity index (χ3n) is 3.65. The van der Waals surface area contributed by atoms with E-state index in [9.17, 15) is 13.2 Å². The number of sulfonamides is 1. The summed E-state index contributed by atoms with van der Waals surface area (Å²) in [4.78, 5) is 11.3. The lowest BCUT2D eigenvalue weighted by Gasteiger charge is -2.14. The van der Waals surface area contributed by atoms with Crippen LogP contribution in [0.4, 0.5) is 5.69 Å². The van der Waals surface area contributed by atoms with E-state index >= 15 is 0 Å². The van der Waals surface area contributed by atoms with Gasteiger partial charge in [-0.25, -0.2) is 8.42 Å². The molecular formula is C18H18Br2ClNO5S. The second kappa shape index (κ2) is 9.96. The monoisotopic (exact) mass is 553 g/mol. The Bertz CT molecular complexity index is 959. The van der Waals surface area contributed by atoms with Crippen LogP contribution < -0.4 is 9.46 Å². The van der Waals surface area contributed by atoms with E-state index in [0.717, 1.165) is 11.8 Å². The molecule has 0 spiro atoms. The molecule has 0 radical (unpaired) electrons. The molecule has 0 heterocycles. The number of hydrogen-bond donors (Lipinski definition) is 1. The highest BCUT2D eigenvalue weighted by atomic mass is 79.9. The first kappa shape index (κ1) is 23.0. The quantitative estimate of drug-likeness (QED) is 0.468. The van der Waals surface area contributed by atoms with Gasteiger partial charge < -0.3 is 9.47 Å². The number of anilines is 1. The maximum atomic E-state index is 11.4. The predicted octanol–water partition coefficient (Wildman–Crippen LogP) is 4.92. The summed E-state index contributed by atoms with van der Waals surface area (Å²) in [5, 5.41) is 0.273. The van der Waals surface area contributed by atoms with E-state index in [-0.39, 0.29) is 24.0 Å². The average Bonchev–Trinajstić information content (AvgIpc) is 2.60. The van der Waals surface area contributed by atoms with Crippen molar-refractivity contribution in [1.29, 1.82) is 0 Å². The van der Waals surface area contributed by atoms with Gasteiger partial charge in [-0.1, -0.05) is 23.7 Å². The molecule has 0 amide bonds. The van der Waals surface area contributed by atoms with Crippen LogP contribution in [0, 0.1) is 0 Å². The molecule has 0 saturated carbocycles. The molecule has 0 aliphatic rings. The summed E-state index contributed by atoms with van der Waals surface area (Å²) in [5.41, 5.74) is 1.86. The molecule has 0 fully saturated rings. The molecule has 0 aliphatic carbocycles. The highest BCUT2D eigenvalue weighted by Crippen LogP contribution is 2.36. The second-order valence-electron chi connectivity index (χ2n) is 5.91. The lowest BCUT2D eigenvalue weighted by molar-refractivity contribution is -0.140. The topological polar surface area (TPSA) is 81.7 Å². The number of nitrogens with one attached hydrogen (secondary N) is 1. The van der Waals surface area contributed by atoms with Gasteiger partial charge in [-0.2, -0.15) is 0 Å². The number of carbonyl (C=O) groups excluding carboxylic acids is 1. The molecule has 28 heavy (non-hydrogen) atoms. The van der Waals surface area contributed by atoms with Crippen LogP contribution in [0.25, 0.3) is 0 Å². The number of hydrogen-bond acceptors (Lipinski definition) is 5. The van der Waals surface area contributed by atoms with E-state index in [1.807, 2.05) is 12.1 Å². The van der Waals surface area contributed by atoms with Crippen molar-refractivity contribution in [1.82, 2.24) is 0 Å². The molecule has 0 aromatic heterocycles. The number of methoxy groups -OCH3 is 1. The summed E-state index contributed by atoms with van der Waals surface area (Å²) in [5.74, 6) is 0.296. The summed E-state index contributed by atoms with van der Waals surface area (Å²) >= 11 is 13.2. The Morgan fingerprint density at radius 2 is 1.86 bits per heavy atom. The maximum Gasteiger partial charge on any atom is 0.305 e. The van der Waals surface area contributed by atoms with Gasteiger partial charge >= 0.3 is 5.97 Å². The Balaban J connectivity index is 2.14. The maximum absolute atomic E-state index is 11.4. The molecular weight excluding hydrogens is 538 g/mol. The average molecular weight is 556 g/mol. The van der Waals surface area contributed by atoms with E-state index in [0.29, 0.717) is 32.4 Å².